The normalized spacial score (nSPS) is 25.1. The molecule has 92 valence electrons. The van der Waals surface area contributed by atoms with Gasteiger partial charge < -0.3 is 9.84 Å². The predicted molar refractivity (Wildman–Crippen MR) is 59.0 cm³/mol. The van der Waals surface area contributed by atoms with Crippen molar-refractivity contribution in [2.45, 2.75) is 45.4 Å². The molecule has 0 aromatic heterocycles. The van der Waals surface area contributed by atoms with Crippen LogP contribution in [-0.2, 0) is 14.3 Å². The molecule has 0 amide bonds. The second-order valence-corrected chi connectivity index (χ2v) is 4.36. The third kappa shape index (κ3) is 3.51. The maximum absolute atomic E-state index is 11.7. The van der Waals surface area contributed by atoms with Crippen LogP contribution in [0.5, 0.6) is 0 Å². The van der Waals surface area contributed by atoms with Crippen molar-refractivity contribution in [3.63, 3.8) is 0 Å². The first-order valence-corrected chi connectivity index (χ1v) is 6.06. The van der Waals surface area contributed by atoms with Crippen molar-refractivity contribution in [3.05, 3.63) is 0 Å². The fourth-order valence-corrected chi connectivity index (χ4v) is 2.13. The van der Waals surface area contributed by atoms with Gasteiger partial charge in [-0.25, -0.2) is 0 Å². The number of carbonyl (C=O) groups excluding carboxylic acids is 1. The van der Waals surface area contributed by atoms with Crippen LogP contribution in [0, 0.1) is 11.8 Å². The van der Waals surface area contributed by atoms with E-state index in [1.165, 1.54) is 0 Å². The minimum atomic E-state index is -0.864. The average Bonchev–Trinajstić information content (AvgIpc) is 2.29. The molecule has 0 aliphatic heterocycles. The van der Waals surface area contributed by atoms with Gasteiger partial charge in [0, 0.05) is 0 Å². The minimum Gasteiger partial charge on any atom is -0.481 e. The molecule has 0 bridgehead atoms. The molecule has 0 unspecified atom stereocenters. The van der Waals surface area contributed by atoms with Crippen molar-refractivity contribution in [2.24, 2.45) is 11.8 Å². The van der Waals surface area contributed by atoms with Gasteiger partial charge in [-0.2, -0.15) is 0 Å². The van der Waals surface area contributed by atoms with E-state index in [1.54, 1.807) is 0 Å². The lowest BCUT2D eigenvalue weighted by Gasteiger charge is -2.26. The molecular formula is C12H20O4. The Morgan fingerprint density at radius 3 is 2.44 bits per heavy atom. The van der Waals surface area contributed by atoms with E-state index in [0.29, 0.717) is 19.4 Å². The largest absolute Gasteiger partial charge is 0.481 e. The second kappa shape index (κ2) is 6.51. The predicted octanol–water partition coefficient (Wildman–Crippen LogP) is 2.22. The van der Waals surface area contributed by atoms with Gasteiger partial charge in [-0.3, -0.25) is 9.59 Å². The van der Waals surface area contributed by atoms with Gasteiger partial charge in [0.1, 0.15) is 0 Å². The Morgan fingerprint density at radius 2 is 1.88 bits per heavy atom. The van der Waals surface area contributed by atoms with Crippen molar-refractivity contribution in [3.8, 4) is 0 Å². The molecular weight excluding hydrogens is 208 g/mol. The summed E-state index contributed by atoms with van der Waals surface area (Å²) in [6.07, 6.45) is 4.90. The Hall–Kier alpha value is -1.06. The number of hydrogen-bond acceptors (Lipinski definition) is 3. The lowest BCUT2D eigenvalue weighted by atomic mass is 9.79. The van der Waals surface area contributed by atoms with Gasteiger partial charge in [-0.15, -0.1) is 0 Å². The molecule has 0 aromatic rings. The zero-order chi connectivity index (χ0) is 12.0. The zero-order valence-electron chi connectivity index (χ0n) is 9.78. The average molecular weight is 228 g/mol. The quantitative estimate of drug-likeness (QED) is 0.579. The Balaban J connectivity index is 2.47. The summed E-state index contributed by atoms with van der Waals surface area (Å²) in [4.78, 5) is 22.7. The Labute approximate surface area is 96.0 Å². The van der Waals surface area contributed by atoms with E-state index in [-0.39, 0.29) is 5.97 Å². The maximum atomic E-state index is 11.7. The summed E-state index contributed by atoms with van der Waals surface area (Å²) in [6, 6.07) is 0. The third-order valence-corrected chi connectivity index (χ3v) is 3.13. The van der Waals surface area contributed by atoms with Crippen molar-refractivity contribution in [1.29, 1.82) is 0 Å². The van der Waals surface area contributed by atoms with Crippen molar-refractivity contribution >= 4 is 11.9 Å². The van der Waals surface area contributed by atoms with Crippen molar-refractivity contribution < 1.29 is 19.4 Å². The summed E-state index contributed by atoms with van der Waals surface area (Å²) in [7, 11) is 0. The smallest absolute Gasteiger partial charge is 0.309 e. The van der Waals surface area contributed by atoms with Crippen LogP contribution in [0.25, 0.3) is 0 Å². The number of aliphatic carboxylic acids is 1. The Kier molecular flexibility index (Phi) is 5.29. The summed E-state index contributed by atoms with van der Waals surface area (Å²) < 4.78 is 5.10. The van der Waals surface area contributed by atoms with E-state index in [1.807, 2.05) is 6.92 Å². The maximum Gasteiger partial charge on any atom is 0.309 e. The van der Waals surface area contributed by atoms with Gasteiger partial charge in [-0.05, 0) is 19.3 Å². The lowest BCUT2D eigenvalue weighted by molar-refractivity contribution is -0.159. The lowest BCUT2D eigenvalue weighted by Crippen LogP contribution is -2.33. The van der Waals surface area contributed by atoms with Gasteiger partial charge >= 0.3 is 11.9 Å². The van der Waals surface area contributed by atoms with E-state index in [4.69, 9.17) is 9.84 Å². The number of carboxylic acids is 1. The van der Waals surface area contributed by atoms with Crippen LogP contribution in [0.1, 0.15) is 45.4 Å². The van der Waals surface area contributed by atoms with Gasteiger partial charge in [0.15, 0.2) is 0 Å². The highest BCUT2D eigenvalue weighted by Gasteiger charge is 2.36. The molecule has 1 N–H and O–H groups in total. The highest BCUT2D eigenvalue weighted by atomic mass is 16.5. The van der Waals surface area contributed by atoms with Gasteiger partial charge in [-0.1, -0.05) is 26.2 Å². The molecule has 16 heavy (non-hydrogen) atoms. The molecule has 0 radical (unpaired) electrons. The number of carboxylic acid groups (broad SMARTS) is 1. The highest BCUT2D eigenvalue weighted by molar-refractivity contribution is 5.81. The summed E-state index contributed by atoms with van der Waals surface area (Å²) in [5, 5.41) is 9.02. The molecule has 1 aliphatic carbocycles. The first kappa shape index (κ1) is 13.0. The first-order chi connectivity index (χ1) is 7.66. The molecule has 1 saturated carbocycles. The third-order valence-electron chi connectivity index (χ3n) is 3.13. The number of hydrogen-bond donors (Lipinski definition) is 1. The van der Waals surface area contributed by atoms with E-state index in [2.05, 4.69) is 0 Å². The fourth-order valence-electron chi connectivity index (χ4n) is 2.13. The zero-order valence-corrected chi connectivity index (χ0v) is 9.78. The Morgan fingerprint density at radius 1 is 1.25 bits per heavy atom. The highest BCUT2D eigenvalue weighted by Crippen LogP contribution is 2.31. The van der Waals surface area contributed by atoms with Crippen LogP contribution in [0.4, 0.5) is 0 Å². The molecule has 1 aliphatic rings. The molecule has 2 atom stereocenters. The van der Waals surface area contributed by atoms with Crippen molar-refractivity contribution in [2.75, 3.05) is 6.61 Å². The molecule has 4 nitrogen and oxygen atoms in total. The van der Waals surface area contributed by atoms with Crippen LogP contribution in [0.15, 0.2) is 0 Å². The summed E-state index contributed by atoms with van der Waals surface area (Å²) in [5.74, 6) is -2.15. The molecule has 1 rings (SSSR count). The van der Waals surface area contributed by atoms with Gasteiger partial charge in [0.2, 0.25) is 0 Å². The summed E-state index contributed by atoms with van der Waals surface area (Å²) >= 11 is 0. The number of ether oxygens (including phenoxy) is 1. The molecule has 0 spiro atoms. The molecule has 1 fully saturated rings. The number of unbranched alkanes of at least 4 members (excludes halogenated alkanes) is 1. The monoisotopic (exact) mass is 228 g/mol. The summed E-state index contributed by atoms with van der Waals surface area (Å²) in [5.41, 5.74) is 0. The summed E-state index contributed by atoms with van der Waals surface area (Å²) in [6.45, 7) is 2.44. The Bertz CT molecular complexity index is 249. The van der Waals surface area contributed by atoms with E-state index < -0.39 is 17.8 Å². The van der Waals surface area contributed by atoms with E-state index in [9.17, 15) is 9.59 Å². The standard InChI is InChI=1S/C12H20O4/c1-2-3-8-16-12(15)10-7-5-4-6-9(10)11(13)14/h9-10H,2-8H2,1H3,(H,13,14)/t9-,10+/m0/s1. The van der Waals surface area contributed by atoms with Gasteiger partial charge in [0.05, 0.1) is 18.4 Å². The van der Waals surface area contributed by atoms with Crippen LogP contribution < -0.4 is 0 Å². The minimum absolute atomic E-state index is 0.319. The molecule has 0 heterocycles. The topological polar surface area (TPSA) is 63.6 Å². The van der Waals surface area contributed by atoms with Crippen molar-refractivity contribution in [1.82, 2.24) is 0 Å². The van der Waals surface area contributed by atoms with Crippen LogP contribution >= 0.6 is 0 Å². The first-order valence-electron chi connectivity index (χ1n) is 6.06. The number of esters is 1. The van der Waals surface area contributed by atoms with Crippen LogP contribution in [0.3, 0.4) is 0 Å². The molecule has 0 saturated heterocycles. The number of rotatable bonds is 5. The second-order valence-electron chi connectivity index (χ2n) is 4.36. The van der Waals surface area contributed by atoms with E-state index >= 15 is 0 Å². The fraction of sp³-hybridized carbons (Fsp3) is 0.833. The number of carbonyl (C=O) groups is 2. The van der Waals surface area contributed by atoms with Crippen LogP contribution in [0.2, 0.25) is 0 Å². The van der Waals surface area contributed by atoms with Crippen LogP contribution in [-0.4, -0.2) is 23.7 Å². The molecule has 0 aromatic carbocycles. The molecule has 4 heteroatoms. The SMILES string of the molecule is CCCCOC(=O)[C@@H]1CCCC[C@@H]1C(=O)O. The van der Waals surface area contributed by atoms with Gasteiger partial charge in [0.25, 0.3) is 0 Å². The van der Waals surface area contributed by atoms with E-state index in [0.717, 1.165) is 25.7 Å².